The zero-order valence-electron chi connectivity index (χ0n) is 7.34. The summed E-state index contributed by atoms with van der Waals surface area (Å²) in [4.78, 5) is 1.51. The van der Waals surface area contributed by atoms with Gasteiger partial charge in [-0.25, -0.2) is 0 Å². The third-order valence-electron chi connectivity index (χ3n) is 2.66. The average molecular weight is 182 g/mol. The molecule has 1 aliphatic rings. The van der Waals surface area contributed by atoms with Crippen molar-refractivity contribution in [3.63, 3.8) is 0 Å². The monoisotopic (exact) mass is 182 g/mol. The van der Waals surface area contributed by atoms with Crippen molar-refractivity contribution in [1.29, 1.82) is 0 Å². The van der Waals surface area contributed by atoms with Crippen LogP contribution in [0.4, 0.5) is 0 Å². The Hall–Kier alpha value is -0.340. The van der Waals surface area contributed by atoms with Gasteiger partial charge in [-0.1, -0.05) is 6.92 Å². The van der Waals surface area contributed by atoms with Crippen LogP contribution in [0.3, 0.4) is 0 Å². The summed E-state index contributed by atoms with van der Waals surface area (Å²) >= 11 is 1.82. The first kappa shape index (κ1) is 8.27. The molecular weight excluding hydrogens is 168 g/mol. The highest BCUT2D eigenvalue weighted by molar-refractivity contribution is 7.10. The van der Waals surface area contributed by atoms with Gasteiger partial charge in [-0.05, 0) is 41.7 Å². The van der Waals surface area contributed by atoms with Gasteiger partial charge < -0.3 is 5.11 Å². The second kappa shape index (κ2) is 3.19. The lowest BCUT2D eigenvalue weighted by Gasteiger charge is -2.18. The van der Waals surface area contributed by atoms with Crippen molar-refractivity contribution >= 4 is 11.3 Å². The molecule has 0 saturated heterocycles. The zero-order valence-corrected chi connectivity index (χ0v) is 8.16. The normalized spacial score (nSPS) is 22.3. The maximum absolute atomic E-state index is 9.06. The molecule has 12 heavy (non-hydrogen) atoms. The van der Waals surface area contributed by atoms with Gasteiger partial charge in [0.2, 0.25) is 0 Å². The number of rotatable bonds is 1. The summed E-state index contributed by atoms with van der Waals surface area (Å²) in [5.41, 5.74) is 2.61. The van der Waals surface area contributed by atoms with Gasteiger partial charge in [-0.2, -0.15) is 0 Å². The summed E-state index contributed by atoms with van der Waals surface area (Å²) in [6.45, 7) is 2.53. The molecule has 0 spiro atoms. The maximum Gasteiger partial charge on any atom is 0.0692 e. The first-order valence-corrected chi connectivity index (χ1v) is 5.38. The van der Waals surface area contributed by atoms with Gasteiger partial charge in [0.15, 0.2) is 0 Å². The number of fused-ring (bicyclic) bond motifs is 1. The predicted octanol–water partition coefficient (Wildman–Crippen LogP) is 2.37. The molecule has 1 atom stereocenters. The molecular formula is C10H14OS. The van der Waals surface area contributed by atoms with Crippen molar-refractivity contribution in [1.82, 2.24) is 0 Å². The Morgan fingerprint density at radius 1 is 1.67 bits per heavy atom. The minimum atomic E-state index is 0.222. The molecule has 0 aromatic carbocycles. The van der Waals surface area contributed by atoms with E-state index in [0.717, 1.165) is 5.92 Å². The van der Waals surface area contributed by atoms with E-state index >= 15 is 0 Å². The van der Waals surface area contributed by atoms with Crippen LogP contribution < -0.4 is 0 Å². The van der Waals surface area contributed by atoms with Crippen LogP contribution in [0.5, 0.6) is 0 Å². The fourth-order valence-electron chi connectivity index (χ4n) is 1.88. The highest BCUT2D eigenvalue weighted by atomic mass is 32.1. The van der Waals surface area contributed by atoms with Crippen molar-refractivity contribution in [3.8, 4) is 0 Å². The lowest BCUT2D eigenvalue weighted by atomic mass is 9.89. The number of aliphatic hydroxyl groups excluding tert-OH is 1. The Labute approximate surface area is 77.0 Å². The summed E-state index contributed by atoms with van der Waals surface area (Å²) in [7, 11) is 0. The summed E-state index contributed by atoms with van der Waals surface area (Å²) in [6.07, 6.45) is 3.69. The third kappa shape index (κ3) is 1.29. The smallest absolute Gasteiger partial charge is 0.0692 e. The molecule has 0 amide bonds. The molecule has 1 N–H and O–H groups in total. The summed E-state index contributed by atoms with van der Waals surface area (Å²) in [5.74, 6) is 0.836. The van der Waals surface area contributed by atoms with Gasteiger partial charge >= 0.3 is 0 Å². The van der Waals surface area contributed by atoms with Gasteiger partial charge in [0.1, 0.15) is 0 Å². The Morgan fingerprint density at radius 2 is 2.50 bits per heavy atom. The van der Waals surface area contributed by atoms with Gasteiger partial charge in [0, 0.05) is 4.88 Å². The van der Waals surface area contributed by atoms with E-state index in [0.29, 0.717) is 0 Å². The second-order valence-electron chi connectivity index (χ2n) is 3.67. The van der Waals surface area contributed by atoms with E-state index in [-0.39, 0.29) is 6.61 Å². The quantitative estimate of drug-likeness (QED) is 0.707. The molecule has 0 saturated carbocycles. The largest absolute Gasteiger partial charge is 0.392 e. The molecule has 1 aromatic heterocycles. The van der Waals surface area contributed by atoms with E-state index in [1.54, 1.807) is 0 Å². The topological polar surface area (TPSA) is 20.2 Å². The van der Waals surface area contributed by atoms with Crippen LogP contribution in [0.2, 0.25) is 0 Å². The number of aliphatic hydroxyl groups is 1. The number of hydrogen-bond donors (Lipinski definition) is 1. The number of hydrogen-bond acceptors (Lipinski definition) is 2. The van der Waals surface area contributed by atoms with Crippen molar-refractivity contribution in [2.45, 2.75) is 32.8 Å². The van der Waals surface area contributed by atoms with Gasteiger partial charge in [0.25, 0.3) is 0 Å². The molecule has 1 aromatic rings. The van der Waals surface area contributed by atoms with E-state index in [1.807, 2.05) is 11.3 Å². The van der Waals surface area contributed by atoms with Crippen molar-refractivity contribution in [2.24, 2.45) is 5.92 Å². The standard InChI is InChI=1S/C10H14OS/c1-7-2-3-9-8(5-11)6-12-10(9)4-7/h6-7,11H,2-5H2,1H3/t7-/m0/s1. The average Bonchev–Trinajstić information content (AvgIpc) is 2.46. The number of thiophene rings is 1. The van der Waals surface area contributed by atoms with Crippen LogP contribution in [-0.2, 0) is 19.4 Å². The zero-order chi connectivity index (χ0) is 8.55. The fourth-order valence-corrected chi connectivity index (χ4v) is 3.13. The summed E-state index contributed by atoms with van der Waals surface area (Å²) < 4.78 is 0. The van der Waals surface area contributed by atoms with Crippen LogP contribution in [0.1, 0.15) is 29.3 Å². The van der Waals surface area contributed by atoms with Crippen LogP contribution in [0.15, 0.2) is 5.38 Å². The van der Waals surface area contributed by atoms with Gasteiger partial charge in [0.05, 0.1) is 6.61 Å². The van der Waals surface area contributed by atoms with E-state index in [2.05, 4.69) is 12.3 Å². The lowest BCUT2D eigenvalue weighted by molar-refractivity contribution is 0.280. The molecule has 1 nitrogen and oxygen atoms in total. The Morgan fingerprint density at radius 3 is 3.25 bits per heavy atom. The SMILES string of the molecule is C[C@H]1CCc2c(CO)csc2C1. The first-order valence-electron chi connectivity index (χ1n) is 4.50. The van der Waals surface area contributed by atoms with Crippen molar-refractivity contribution < 1.29 is 5.11 Å². The molecule has 0 radical (unpaired) electrons. The lowest BCUT2D eigenvalue weighted by Crippen LogP contribution is -2.09. The van der Waals surface area contributed by atoms with E-state index < -0.39 is 0 Å². The van der Waals surface area contributed by atoms with E-state index in [4.69, 9.17) is 5.11 Å². The highest BCUT2D eigenvalue weighted by Gasteiger charge is 2.18. The molecule has 0 fully saturated rings. The fraction of sp³-hybridized carbons (Fsp3) is 0.600. The summed E-state index contributed by atoms with van der Waals surface area (Å²) in [6, 6.07) is 0. The van der Waals surface area contributed by atoms with E-state index in [1.165, 1.54) is 35.3 Å². The van der Waals surface area contributed by atoms with E-state index in [9.17, 15) is 0 Å². The minimum absolute atomic E-state index is 0.222. The molecule has 0 aliphatic heterocycles. The first-order chi connectivity index (χ1) is 5.81. The Bertz CT molecular complexity index is 277. The molecule has 0 bridgehead atoms. The third-order valence-corrected chi connectivity index (χ3v) is 3.76. The molecule has 1 heterocycles. The molecule has 2 rings (SSSR count). The highest BCUT2D eigenvalue weighted by Crippen LogP contribution is 2.32. The van der Waals surface area contributed by atoms with Crippen LogP contribution >= 0.6 is 11.3 Å². The van der Waals surface area contributed by atoms with Crippen molar-refractivity contribution in [3.05, 3.63) is 21.4 Å². The second-order valence-corrected chi connectivity index (χ2v) is 4.63. The van der Waals surface area contributed by atoms with Crippen LogP contribution in [0, 0.1) is 5.92 Å². The molecule has 1 aliphatic carbocycles. The van der Waals surface area contributed by atoms with Crippen LogP contribution in [0.25, 0.3) is 0 Å². The maximum atomic E-state index is 9.06. The molecule has 0 unspecified atom stereocenters. The van der Waals surface area contributed by atoms with Crippen LogP contribution in [-0.4, -0.2) is 5.11 Å². The molecule has 66 valence electrons. The predicted molar refractivity (Wildman–Crippen MR) is 51.4 cm³/mol. The molecule has 2 heteroatoms. The Balaban J connectivity index is 2.32. The van der Waals surface area contributed by atoms with Crippen molar-refractivity contribution in [2.75, 3.05) is 0 Å². The van der Waals surface area contributed by atoms with Gasteiger partial charge in [-0.15, -0.1) is 11.3 Å². The Kier molecular flexibility index (Phi) is 2.20. The summed E-state index contributed by atoms with van der Waals surface area (Å²) in [5, 5.41) is 11.2. The van der Waals surface area contributed by atoms with Gasteiger partial charge in [-0.3, -0.25) is 0 Å². The minimum Gasteiger partial charge on any atom is -0.392 e.